The highest BCUT2D eigenvalue weighted by molar-refractivity contribution is 6.74. The molecule has 1 aromatic carbocycles. The minimum atomic E-state index is -2.07. The van der Waals surface area contributed by atoms with E-state index in [2.05, 4.69) is 99.8 Å². The summed E-state index contributed by atoms with van der Waals surface area (Å²) in [5.41, 5.74) is 1.25. The SMILES string of the molecule is CCCC(Oc1ccccc1)C(=O)O[C@H]1C[C@H](O[Si](C)(C)C(C)(C)C)C=C2C=C[C@H](C)[C@H](CC[C@@H]3C[C@H](O[Si](C)(C)C(C)(C)C)CCO3)[C@H]21. The van der Waals surface area contributed by atoms with Crippen molar-refractivity contribution in [1.82, 2.24) is 0 Å². The van der Waals surface area contributed by atoms with Gasteiger partial charge in [0.2, 0.25) is 0 Å². The van der Waals surface area contributed by atoms with Gasteiger partial charge in [0.25, 0.3) is 0 Å². The van der Waals surface area contributed by atoms with Crippen LogP contribution in [0.4, 0.5) is 0 Å². The first-order chi connectivity index (χ1) is 22.8. The molecule has 8 atom stereocenters. The third-order valence-electron chi connectivity index (χ3n) is 12.1. The lowest BCUT2D eigenvalue weighted by Crippen LogP contribution is -2.49. The van der Waals surface area contributed by atoms with Crippen molar-refractivity contribution in [2.24, 2.45) is 17.8 Å². The highest BCUT2D eigenvalue weighted by Gasteiger charge is 2.46. The van der Waals surface area contributed by atoms with Gasteiger partial charge >= 0.3 is 5.97 Å². The molecule has 1 aliphatic heterocycles. The second-order valence-corrected chi connectivity index (χ2v) is 27.5. The van der Waals surface area contributed by atoms with Gasteiger partial charge in [-0.1, -0.05) is 98.2 Å². The summed E-state index contributed by atoms with van der Waals surface area (Å²) in [5, 5.41) is 0.269. The number of carbonyl (C=O) groups excluding carboxylic acids is 1. The molecule has 0 saturated carbocycles. The Morgan fingerprint density at radius 2 is 1.59 bits per heavy atom. The fraction of sp³-hybridized carbons (Fsp3) is 0.732. The summed E-state index contributed by atoms with van der Waals surface area (Å²) < 4.78 is 33.0. The molecule has 1 heterocycles. The molecule has 276 valence electrons. The maximum atomic E-state index is 14.0. The Morgan fingerprint density at radius 3 is 2.22 bits per heavy atom. The Kier molecular flexibility index (Phi) is 13.3. The number of para-hydroxylation sites is 1. The number of allylic oxidation sites excluding steroid dienone is 2. The van der Waals surface area contributed by atoms with Gasteiger partial charge in [0.05, 0.1) is 12.2 Å². The van der Waals surface area contributed by atoms with Crippen LogP contribution in [0.5, 0.6) is 5.75 Å². The van der Waals surface area contributed by atoms with Gasteiger partial charge in [0.15, 0.2) is 22.7 Å². The fourth-order valence-electron chi connectivity index (χ4n) is 7.11. The van der Waals surface area contributed by atoms with Crippen LogP contribution < -0.4 is 4.74 Å². The second-order valence-electron chi connectivity index (χ2n) is 18.0. The molecular weight excluding hydrogens is 645 g/mol. The molecule has 0 aromatic heterocycles. The lowest BCUT2D eigenvalue weighted by molar-refractivity contribution is -0.163. The van der Waals surface area contributed by atoms with Crippen LogP contribution in [0.1, 0.15) is 100 Å². The Labute approximate surface area is 301 Å². The number of fused-ring (bicyclic) bond motifs is 1. The van der Waals surface area contributed by atoms with Gasteiger partial charge in [-0.2, -0.15) is 0 Å². The van der Waals surface area contributed by atoms with E-state index in [0.29, 0.717) is 30.4 Å². The summed E-state index contributed by atoms with van der Waals surface area (Å²) in [4.78, 5) is 14.0. The minimum absolute atomic E-state index is 0.0792. The number of hydrogen-bond donors (Lipinski definition) is 0. The first-order valence-corrected chi connectivity index (χ1v) is 24.9. The number of benzene rings is 1. The monoisotopic (exact) mass is 712 g/mol. The number of esters is 1. The van der Waals surface area contributed by atoms with E-state index in [-0.39, 0.29) is 46.4 Å². The summed E-state index contributed by atoms with van der Waals surface area (Å²) >= 11 is 0. The summed E-state index contributed by atoms with van der Waals surface area (Å²) in [6, 6.07) is 9.63. The van der Waals surface area contributed by atoms with Crippen molar-refractivity contribution in [3.63, 3.8) is 0 Å². The molecule has 0 radical (unpaired) electrons. The molecule has 0 N–H and O–H groups in total. The number of carbonyl (C=O) groups is 1. The lowest BCUT2D eigenvalue weighted by Gasteiger charge is -2.46. The van der Waals surface area contributed by atoms with Gasteiger partial charge in [0, 0.05) is 25.0 Å². The van der Waals surface area contributed by atoms with Gasteiger partial charge in [-0.15, -0.1) is 0 Å². The summed E-state index contributed by atoms with van der Waals surface area (Å²) in [6.07, 6.45) is 12.4. The van der Waals surface area contributed by atoms with Gasteiger partial charge in [-0.3, -0.25) is 0 Å². The quantitative estimate of drug-likeness (QED) is 0.150. The fourth-order valence-corrected chi connectivity index (χ4v) is 9.78. The molecule has 0 amide bonds. The molecule has 2 aliphatic carbocycles. The van der Waals surface area contributed by atoms with E-state index in [4.69, 9.17) is 23.1 Å². The van der Waals surface area contributed by atoms with Crippen LogP contribution in [-0.4, -0.2) is 59.7 Å². The van der Waals surface area contributed by atoms with E-state index in [1.165, 1.54) is 5.57 Å². The van der Waals surface area contributed by atoms with Crippen molar-refractivity contribution in [3.05, 3.63) is 54.1 Å². The molecule has 3 aliphatic rings. The zero-order chi connectivity index (χ0) is 36.2. The maximum absolute atomic E-state index is 14.0. The lowest BCUT2D eigenvalue weighted by atomic mass is 9.66. The number of ether oxygens (including phenoxy) is 3. The van der Waals surface area contributed by atoms with Crippen LogP contribution in [0.2, 0.25) is 36.3 Å². The second kappa shape index (κ2) is 16.3. The largest absolute Gasteiger partial charge is 0.479 e. The molecule has 1 saturated heterocycles. The van der Waals surface area contributed by atoms with E-state index < -0.39 is 22.7 Å². The molecule has 1 aromatic rings. The highest BCUT2D eigenvalue weighted by Crippen LogP contribution is 2.47. The zero-order valence-electron chi connectivity index (χ0n) is 32.8. The van der Waals surface area contributed by atoms with E-state index in [1.54, 1.807) is 0 Å². The van der Waals surface area contributed by atoms with Crippen molar-refractivity contribution in [2.45, 2.75) is 167 Å². The van der Waals surface area contributed by atoms with Gasteiger partial charge in [-0.05, 0) is 97.9 Å². The molecule has 1 fully saturated rings. The smallest absolute Gasteiger partial charge is 0.347 e. The van der Waals surface area contributed by atoms with E-state index in [0.717, 1.165) is 38.7 Å². The Hall–Kier alpha value is -1.72. The van der Waals surface area contributed by atoms with E-state index in [9.17, 15) is 4.79 Å². The molecule has 49 heavy (non-hydrogen) atoms. The summed E-state index contributed by atoms with van der Waals surface area (Å²) in [5.74, 6) is 1.20. The standard InChI is InChI=1S/C41H68O6Si2/c1-13-17-36(44-31-18-15-14-16-19-31)39(42)45-37-28-34(47-49(11,12)41(6,7)8)26-30-21-20-29(2)35(38(30)37)23-22-32-27-33(24-25-43-32)46-48(9,10)40(3,4)5/h14-16,18-21,26,29,32-38H,13,17,22-25,27-28H2,1-12H3/t29-,32+,33+,34+,35-,36?,37-,38-/m0/s1. The van der Waals surface area contributed by atoms with Crippen LogP contribution in [0.25, 0.3) is 0 Å². The van der Waals surface area contributed by atoms with Crippen molar-refractivity contribution in [3.8, 4) is 5.75 Å². The Balaban J connectivity index is 1.55. The van der Waals surface area contributed by atoms with Crippen molar-refractivity contribution >= 4 is 22.6 Å². The molecule has 6 nitrogen and oxygen atoms in total. The molecular formula is C41H68O6Si2. The average Bonchev–Trinajstić information content (AvgIpc) is 2.99. The van der Waals surface area contributed by atoms with E-state index in [1.807, 2.05) is 30.3 Å². The molecule has 0 bridgehead atoms. The maximum Gasteiger partial charge on any atom is 0.347 e. The van der Waals surface area contributed by atoms with Gasteiger partial charge in [0.1, 0.15) is 11.9 Å². The highest BCUT2D eigenvalue weighted by atomic mass is 28.4. The molecule has 1 unspecified atom stereocenters. The van der Waals surface area contributed by atoms with Crippen molar-refractivity contribution < 1.29 is 27.9 Å². The van der Waals surface area contributed by atoms with Crippen molar-refractivity contribution in [2.75, 3.05) is 6.61 Å². The van der Waals surface area contributed by atoms with Crippen LogP contribution >= 0.6 is 0 Å². The summed E-state index contributed by atoms with van der Waals surface area (Å²) in [7, 11) is -3.92. The van der Waals surface area contributed by atoms with Crippen LogP contribution in [-0.2, 0) is 23.1 Å². The number of rotatable bonds is 13. The topological polar surface area (TPSA) is 63.2 Å². The zero-order valence-corrected chi connectivity index (χ0v) is 34.8. The first-order valence-electron chi connectivity index (χ1n) is 19.1. The molecule has 0 spiro atoms. The predicted molar refractivity (Wildman–Crippen MR) is 206 cm³/mol. The van der Waals surface area contributed by atoms with Gasteiger partial charge in [-0.25, -0.2) is 4.79 Å². The predicted octanol–water partition coefficient (Wildman–Crippen LogP) is 10.7. The first kappa shape index (κ1) is 40.1. The van der Waals surface area contributed by atoms with Crippen LogP contribution in [0.15, 0.2) is 54.1 Å². The summed E-state index contributed by atoms with van der Waals surface area (Å²) in [6.45, 7) is 28.2. The third kappa shape index (κ3) is 10.4. The normalized spacial score (nSPS) is 28.7. The van der Waals surface area contributed by atoms with E-state index >= 15 is 0 Å². The Morgan fingerprint density at radius 1 is 0.939 bits per heavy atom. The number of hydrogen-bond acceptors (Lipinski definition) is 6. The molecule has 8 heteroatoms. The van der Waals surface area contributed by atoms with Crippen LogP contribution in [0.3, 0.4) is 0 Å². The third-order valence-corrected chi connectivity index (χ3v) is 21.2. The minimum Gasteiger partial charge on any atom is -0.479 e. The Bertz CT molecular complexity index is 1280. The molecule has 4 rings (SSSR count). The van der Waals surface area contributed by atoms with Gasteiger partial charge < -0.3 is 23.1 Å². The van der Waals surface area contributed by atoms with Crippen molar-refractivity contribution in [1.29, 1.82) is 0 Å². The average molecular weight is 713 g/mol. The van der Waals surface area contributed by atoms with Crippen LogP contribution in [0, 0.1) is 17.8 Å².